The topological polar surface area (TPSA) is 74.4 Å². The van der Waals surface area contributed by atoms with Crippen molar-refractivity contribution in [1.29, 1.82) is 0 Å². The molecular formula is C19H18FN5O2. The summed E-state index contributed by atoms with van der Waals surface area (Å²) in [5, 5.41) is 12.4. The number of nitrogens with zero attached hydrogens (tertiary/aromatic N) is 5. The van der Waals surface area contributed by atoms with Gasteiger partial charge in [0.2, 0.25) is 0 Å². The van der Waals surface area contributed by atoms with E-state index in [-0.39, 0.29) is 17.5 Å². The summed E-state index contributed by atoms with van der Waals surface area (Å²) in [6.45, 7) is 6.11. The molecule has 2 aliphatic rings. The highest BCUT2D eigenvalue weighted by Gasteiger charge is 2.44. The number of oxime groups is 1. The van der Waals surface area contributed by atoms with Crippen molar-refractivity contribution >= 4 is 16.7 Å². The molecule has 5 rings (SSSR count). The minimum Gasteiger partial charge on any atom is -0.488 e. The summed E-state index contributed by atoms with van der Waals surface area (Å²) >= 11 is 0. The predicted molar refractivity (Wildman–Crippen MR) is 96.4 cm³/mol. The van der Waals surface area contributed by atoms with E-state index in [0.29, 0.717) is 23.4 Å². The highest BCUT2D eigenvalue weighted by Crippen LogP contribution is 2.46. The monoisotopic (exact) mass is 367 g/mol. The van der Waals surface area contributed by atoms with Crippen molar-refractivity contribution in [2.45, 2.75) is 38.3 Å². The Balaban J connectivity index is 1.74. The fourth-order valence-corrected chi connectivity index (χ4v) is 4.10. The smallest absolute Gasteiger partial charge is 0.153 e. The van der Waals surface area contributed by atoms with E-state index in [2.05, 4.69) is 20.5 Å². The predicted octanol–water partition coefficient (Wildman–Crippen LogP) is 3.22. The SMILES string of the molecule is CC1=NOC(C)(C)C1c1cc(F)c2nnn3c2c1OCC3c1cccnc1. The van der Waals surface area contributed by atoms with Crippen LogP contribution in [-0.2, 0) is 4.84 Å². The molecule has 138 valence electrons. The van der Waals surface area contributed by atoms with Gasteiger partial charge < -0.3 is 9.57 Å². The maximum Gasteiger partial charge on any atom is 0.153 e. The zero-order chi connectivity index (χ0) is 18.8. The first-order chi connectivity index (χ1) is 13.0. The van der Waals surface area contributed by atoms with Crippen LogP contribution in [-0.4, -0.2) is 37.9 Å². The van der Waals surface area contributed by atoms with Gasteiger partial charge in [0.25, 0.3) is 0 Å². The lowest BCUT2D eigenvalue weighted by Crippen LogP contribution is -2.31. The summed E-state index contributed by atoms with van der Waals surface area (Å²) in [5.74, 6) is -0.0553. The van der Waals surface area contributed by atoms with Gasteiger partial charge in [-0.15, -0.1) is 5.10 Å². The summed E-state index contributed by atoms with van der Waals surface area (Å²) in [6, 6.07) is 5.06. The first-order valence-corrected chi connectivity index (χ1v) is 8.80. The summed E-state index contributed by atoms with van der Waals surface area (Å²) in [4.78, 5) is 9.72. The molecule has 0 aliphatic carbocycles. The molecule has 0 amide bonds. The van der Waals surface area contributed by atoms with Crippen LogP contribution in [0.3, 0.4) is 0 Å². The van der Waals surface area contributed by atoms with E-state index in [1.165, 1.54) is 6.07 Å². The molecule has 0 bridgehead atoms. The molecular weight excluding hydrogens is 349 g/mol. The van der Waals surface area contributed by atoms with E-state index in [0.717, 1.165) is 11.3 Å². The standard InChI is InChI=1S/C19H18FN5O2/c1-10-15(19(2,3)27-23-10)12-7-13(20)16-17-18(12)26-9-14(25(17)24-22-16)11-5-4-6-21-8-11/h4-8,14-15H,9H2,1-3H3. The Morgan fingerprint density at radius 1 is 1.33 bits per heavy atom. The zero-order valence-corrected chi connectivity index (χ0v) is 15.2. The van der Waals surface area contributed by atoms with Crippen LogP contribution < -0.4 is 4.74 Å². The molecule has 27 heavy (non-hydrogen) atoms. The van der Waals surface area contributed by atoms with Gasteiger partial charge in [-0.3, -0.25) is 4.98 Å². The fraction of sp³-hybridized carbons (Fsp3) is 0.368. The molecule has 0 spiro atoms. The molecule has 8 heteroatoms. The van der Waals surface area contributed by atoms with Crippen molar-refractivity contribution in [3.8, 4) is 5.75 Å². The summed E-state index contributed by atoms with van der Waals surface area (Å²) in [6.07, 6.45) is 3.47. The van der Waals surface area contributed by atoms with Crippen LogP contribution in [0.1, 0.15) is 43.9 Å². The van der Waals surface area contributed by atoms with Crippen LogP contribution in [0.25, 0.3) is 11.0 Å². The second-order valence-electron chi connectivity index (χ2n) is 7.48. The number of pyridine rings is 1. The molecule has 0 radical (unpaired) electrons. The van der Waals surface area contributed by atoms with Gasteiger partial charge in [0.1, 0.15) is 23.8 Å². The van der Waals surface area contributed by atoms with Crippen LogP contribution in [0, 0.1) is 5.82 Å². The highest BCUT2D eigenvalue weighted by atomic mass is 19.1. The van der Waals surface area contributed by atoms with Crippen LogP contribution >= 0.6 is 0 Å². The Labute approximate surface area is 154 Å². The Morgan fingerprint density at radius 2 is 2.19 bits per heavy atom. The van der Waals surface area contributed by atoms with Crippen LogP contribution in [0.2, 0.25) is 0 Å². The molecule has 3 aromatic rings. The molecule has 2 aromatic heterocycles. The molecule has 7 nitrogen and oxygen atoms in total. The molecule has 4 heterocycles. The average Bonchev–Trinajstić information content (AvgIpc) is 3.21. The first-order valence-electron chi connectivity index (χ1n) is 8.80. The third kappa shape index (κ3) is 2.25. The number of halogens is 1. The maximum absolute atomic E-state index is 14.9. The third-order valence-electron chi connectivity index (χ3n) is 5.28. The maximum atomic E-state index is 14.9. The fourth-order valence-electron chi connectivity index (χ4n) is 4.10. The van der Waals surface area contributed by atoms with Crippen LogP contribution in [0.15, 0.2) is 35.7 Å². The lowest BCUT2D eigenvalue weighted by molar-refractivity contribution is 0.00136. The van der Waals surface area contributed by atoms with E-state index in [1.807, 2.05) is 32.9 Å². The lowest BCUT2D eigenvalue weighted by atomic mass is 9.81. The van der Waals surface area contributed by atoms with Gasteiger partial charge >= 0.3 is 0 Å². The molecule has 2 aliphatic heterocycles. The quantitative estimate of drug-likeness (QED) is 0.695. The molecule has 0 saturated carbocycles. The largest absolute Gasteiger partial charge is 0.488 e. The number of hydrogen-bond donors (Lipinski definition) is 0. The van der Waals surface area contributed by atoms with Crippen molar-refractivity contribution in [2.24, 2.45) is 5.16 Å². The van der Waals surface area contributed by atoms with Crippen molar-refractivity contribution in [3.63, 3.8) is 0 Å². The Kier molecular flexibility index (Phi) is 3.28. The highest BCUT2D eigenvalue weighted by molar-refractivity contribution is 5.94. The summed E-state index contributed by atoms with van der Waals surface area (Å²) < 4.78 is 22.8. The number of aromatic nitrogens is 4. The van der Waals surface area contributed by atoms with Gasteiger partial charge in [-0.25, -0.2) is 9.07 Å². The second-order valence-corrected chi connectivity index (χ2v) is 7.48. The van der Waals surface area contributed by atoms with E-state index >= 15 is 0 Å². The van der Waals surface area contributed by atoms with Crippen molar-refractivity contribution in [3.05, 3.63) is 47.5 Å². The molecule has 0 fully saturated rings. The first kappa shape index (κ1) is 16.2. The number of ether oxygens (including phenoxy) is 1. The molecule has 0 saturated heterocycles. The van der Waals surface area contributed by atoms with Crippen molar-refractivity contribution in [1.82, 2.24) is 20.0 Å². The normalized spacial score (nSPS) is 23.0. The lowest BCUT2D eigenvalue weighted by Gasteiger charge is -2.30. The van der Waals surface area contributed by atoms with E-state index in [1.54, 1.807) is 17.1 Å². The average molecular weight is 367 g/mol. The van der Waals surface area contributed by atoms with Gasteiger partial charge in [-0.2, -0.15) is 0 Å². The summed E-state index contributed by atoms with van der Waals surface area (Å²) in [7, 11) is 0. The van der Waals surface area contributed by atoms with Crippen LogP contribution in [0.5, 0.6) is 5.75 Å². The number of hydrogen-bond acceptors (Lipinski definition) is 6. The molecule has 2 unspecified atom stereocenters. The molecule has 1 aromatic carbocycles. The van der Waals surface area contributed by atoms with Gasteiger partial charge in [0.15, 0.2) is 17.1 Å². The minimum atomic E-state index is -0.595. The number of benzene rings is 1. The van der Waals surface area contributed by atoms with E-state index in [9.17, 15) is 4.39 Å². The van der Waals surface area contributed by atoms with E-state index < -0.39 is 11.4 Å². The van der Waals surface area contributed by atoms with Crippen molar-refractivity contribution < 1.29 is 14.0 Å². The van der Waals surface area contributed by atoms with Crippen LogP contribution in [0.4, 0.5) is 4.39 Å². The Bertz CT molecular complexity index is 1080. The number of rotatable bonds is 2. The Morgan fingerprint density at radius 3 is 2.89 bits per heavy atom. The second kappa shape index (κ2) is 5.48. The van der Waals surface area contributed by atoms with Gasteiger partial charge in [0.05, 0.1) is 11.6 Å². The molecule has 2 atom stereocenters. The van der Waals surface area contributed by atoms with Gasteiger partial charge in [0, 0.05) is 18.0 Å². The van der Waals surface area contributed by atoms with Gasteiger partial charge in [-0.05, 0) is 38.5 Å². The molecule has 0 N–H and O–H groups in total. The minimum absolute atomic E-state index is 0.202. The van der Waals surface area contributed by atoms with Crippen molar-refractivity contribution in [2.75, 3.05) is 6.61 Å². The third-order valence-corrected chi connectivity index (χ3v) is 5.28. The summed E-state index contributed by atoms with van der Waals surface area (Å²) in [5.41, 5.74) is 2.59. The van der Waals surface area contributed by atoms with Gasteiger partial charge in [-0.1, -0.05) is 16.4 Å². The van der Waals surface area contributed by atoms with E-state index in [4.69, 9.17) is 9.57 Å². The Hall–Kier alpha value is -3.03. The zero-order valence-electron chi connectivity index (χ0n) is 15.2.